The molecule has 2 amide bonds. The molecule has 1 heterocycles. The summed E-state index contributed by atoms with van der Waals surface area (Å²) in [5, 5.41) is 8.70. The molecule has 7 heteroatoms. The molecular formula is C19H22ClN3O2S. The van der Waals surface area contributed by atoms with Crippen LogP contribution in [0.4, 0.5) is 0 Å². The van der Waals surface area contributed by atoms with Gasteiger partial charge in [-0.25, -0.2) is 4.98 Å². The molecule has 26 heavy (non-hydrogen) atoms. The fourth-order valence-electron chi connectivity index (χ4n) is 3.34. The molecule has 1 aromatic carbocycles. The maximum Gasteiger partial charge on any atom is 0.271 e. The molecule has 0 unspecified atom stereocenters. The van der Waals surface area contributed by atoms with Gasteiger partial charge in [-0.15, -0.1) is 11.3 Å². The number of benzene rings is 1. The minimum absolute atomic E-state index is 0.140. The second-order valence-electron chi connectivity index (χ2n) is 6.51. The Morgan fingerprint density at radius 1 is 1.19 bits per heavy atom. The van der Waals surface area contributed by atoms with E-state index in [1.54, 1.807) is 24.6 Å². The van der Waals surface area contributed by atoms with Crippen LogP contribution in [0.1, 0.15) is 42.6 Å². The van der Waals surface area contributed by atoms with Crippen molar-refractivity contribution in [2.75, 3.05) is 7.05 Å². The summed E-state index contributed by atoms with van der Waals surface area (Å²) in [6, 6.07) is 6.83. The lowest BCUT2D eigenvalue weighted by atomic mass is 9.83. The van der Waals surface area contributed by atoms with Crippen molar-refractivity contribution in [2.45, 2.75) is 38.1 Å². The number of rotatable bonds is 5. The number of hydrogen-bond donors (Lipinski definition) is 2. The van der Waals surface area contributed by atoms with Crippen molar-refractivity contribution in [3.05, 3.63) is 40.4 Å². The summed E-state index contributed by atoms with van der Waals surface area (Å²) in [6.45, 7) is 0. The Hall–Kier alpha value is -1.92. The Morgan fingerprint density at radius 3 is 2.54 bits per heavy atom. The number of halogens is 1. The molecule has 3 rings (SSSR count). The Labute approximate surface area is 162 Å². The largest absolute Gasteiger partial charge is 0.357 e. The molecule has 1 fully saturated rings. The van der Waals surface area contributed by atoms with Gasteiger partial charge in [-0.05, 0) is 30.9 Å². The van der Waals surface area contributed by atoms with Crippen molar-refractivity contribution in [1.29, 1.82) is 0 Å². The SMILES string of the molecule is CNC(=O)[C@@H](NC(=O)c1csc(-c2ccc(Cl)cc2)n1)C1CCCCC1. The van der Waals surface area contributed by atoms with Crippen molar-refractivity contribution in [3.63, 3.8) is 0 Å². The van der Waals surface area contributed by atoms with Crippen LogP contribution < -0.4 is 10.6 Å². The minimum atomic E-state index is -0.506. The highest BCUT2D eigenvalue weighted by atomic mass is 35.5. The molecule has 0 saturated heterocycles. The van der Waals surface area contributed by atoms with Gasteiger partial charge in [-0.3, -0.25) is 9.59 Å². The average molecular weight is 392 g/mol. The number of carbonyl (C=O) groups is 2. The highest BCUT2D eigenvalue weighted by Gasteiger charge is 2.31. The van der Waals surface area contributed by atoms with E-state index in [4.69, 9.17) is 11.6 Å². The molecule has 1 atom stereocenters. The zero-order valence-electron chi connectivity index (χ0n) is 14.6. The molecule has 2 aromatic rings. The standard InChI is InChI=1S/C19H22ClN3O2S/c1-21-18(25)16(12-5-3-2-4-6-12)23-17(24)15-11-26-19(22-15)13-7-9-14(20)10-8-13/h7-12,16H,2-6H2,1H3,(H,21,25)(H,23,24)/t16-/m0/s1. The van der Waals surface area contributed by atoms with Gasteiger partial charge in [0.25, 0.3) is 5.91 Å². The molecule has 1 saturated carbocycles. The first-order valence-corrected chi connectivity index (χ1v) is 10.1. The third kappa shape index (κ3) is 4.43. The number of hydrogen-bond acceptors (Lipinski definition) is 4. The first-order valence-electron chi connectivity index (χ1n) is 8.82. The number of aromatic nitrogens is 1. The predicted octanol–water partition coefficient (Wildman–Crippen LogP) is 3.89. The lowest BCUT2D eigenvalue weighted by Gasteiger charge is -2.29. The van der Waals surface area contributed by atoms with Gasteiger partial charge in [-0.1, -0.05) is 43.0 Å². The summed E-state index contributed by atoms with van der Waals surface area (Å²) in [7, 11) is 1.60. The van der Waals surface area contributed by atoms with E-state index in [1.165, 1.54) is 17.8 Å². The molecule has 2 N–H and O–H groups in total. The first-order chi connectivity index (χ1) is 12.6. The molecule has 0 aliphatic heterocycles. The van der Waals surface area contributed by atoms with Crippen molar-refractivity contribution < 1.29 is 9.59 Å². The molecule has 138 valence electrons. The number of nitrogens with one attached hydrogen (secondary N) is 2. The van der Waals surface area contributed by atoms with Gasteiger partial charge in [0.05, 0.1) is 0 Å². The summed E-state index contributed by atoms with van der Waals surface area (Å²) >= 11 is 7.31. The van der Waals surface area contributed by atoms with Crippen LogP contribution in [0, 0.1) is 5.92 Å². The van der Waals surface area contributed by atoms with Crippen molar-refractivity contribution in [3.8, 4) is 10.6 Å². The van der Waals surface area contributed by atoms with Crippen LogP contribution in [0.15, 0.2) is 29.6 Å². The lowest BCUT2D eigenvalue weighted by molar-refractivity contribution is -0.124. The van der Waals surface area contributed by atoms with Crippen LogP contribution in [0.5, 0.6) is 0 Å². The molecule has 1 aliphatic rings. The molecule has 0 radical (unpaired) electrons. The van der Waals surface area contributed by atoms with E-state index in [0.29, 0.717) is 10.7 Å². The topological polar surface area (TPSA) is 71.1 Å². The van der Waals surface area contributed by atoms with Crippen LogP contribution in [-0.2, 0) is 4.79 Å². The van der Waals surface area contributed by atoms with E-state index in [0.717, 1.165) is 36.3 Å². The number of carbonyl (C=O) groups excluding carboxylic acids is 2. The summed E-state index contributed by atoms with van der Waals surface area (Å²) in [5.74, 6) is -0.263. The van der Waals surface area contributed by atoms with Crippen LogP contribution >= 0.6 is 22.9 Å². The number of likely N-dealkylation sites (N-methyl/N-ethyl adjacent to an activating group) is 1. The van der Waals surface area contributed by atoms with Crippen LogP contribution in [0.25, 0.3) is 10.6 Å². The Bertz CT molecular complexity index is 769. The van der Waals surface area contributed by atoms with Gasteiger partial charge < -0.3 is 10.6 Å². The van der Waals surface area contributed by atoms with Crippen molar-refractivity contribution in [1.82, 2.24) is 15.6 Å². The summed E-state index contributed by atoms with van der Waals surface area (Å²) in [6.07, 6.45) is 5.33. The normalized spacial score (nSPS) is 16.1. The van der Waals surface area contributed by atoms with E-state index in [1.807, 2.05) is 12.1 Å². The quantitative estimate of drug-likeness (QED) is 0.812. The monoisotopic (exact) mass is 391 g/mol. The summed E-state index contributed by atoms with van der Waals surface area (Å²) < 4.78 is 0. The van der Waals surface area contributed by atoms with E-state index in [2.05, 4.69) is 15.6 Å². The fourth-order valence-corrected chi connectivity index (χ4v) is 4.27. The van der Waals surface area contributed by atoms with Crippen molar-refractivity contribution >= 4 is 34.8 Å². The maximum absolute atomic E-state index is 12.6. The Morgan fingerprint density at radius 2 is 1.88 bits per heavy atom. The molecule has 1 aliphatic carbocycles. The average Bonchev–Trinajstić information content (AvgIpc) is 3.17. The van der Waals surface area contributed by atoms with Crippen LogP contribution in [0.3, 0.4) is 0 Å². The summed E-state index contributed by atoms with van der Waals surface area (Å²) in [5.41, 5.74) is 1.25. The highest BCUT2D eigenvalue weighted by molar-refractivity contribution is 7.13. The minimum Gasteiger partial charge on any atom is -0.357 e. The first kappa shape index (κ1) is 18.9. The van der Waals surface area contributed by atoms with Gasteiger partial charge in [0.15, 0.2) is 0 Å². The van der Waals surface area contributed by atoms with E-state index in [-0.39, 0.29) is 17.7 Å². The predicted molar refractivity (Wildman–Crippen MR) is 104 cm³/mol. The zero-order valence-corrected chi connectivity index (χ0v) is 16.2. The number of nitrogens with zero attached hydrogens (tertiary/aromatic N) is 1. The van der Waals surface area contributed by atoms with E-state index in [9.17, 15) is 9.59 Å². The zero-order chi connectivity index (χ0) is 18.5. The van der Waals surface area contributed by atoms with Gasteiger partial charge in [0.1, 0.15) is 16.7 Å². The number of thiazole rings is 1. The van der Waals surface area contributed by atoms with E-state index >= 15 is 0 Å². The Balaban J connectivity index is 1.73. The van der Waals surface area contributed by atoms with Gasteiger partial charge >= 0.3 is 0 Å². The Kier molecular flexibility index (Phi) is 6.27. The van der Waals surface area contributed by atoms with Crippen LogP contribution in [0.2, 0.25) is 5.02 Å². The summed E-state index contributed by atoms with van der Waals surface area (Å²) in [4.78, 5) is 29.4. The van der Waals surface area contributed by atoms with Crippen LogP contribution in [-0.4, -0.2) is 29.9 Å². The van der Waals surface area contributed by atoms with Gasteiger partial charge in [0.2, 0.25) is 5.91 Å². The third-order valence-corrected chi connectivity index (χ3v) is 5.91. The maximum atomic E-state index is 12.6. The molecule has 0 bridgehead atoms. The highest BCUT2D eigenvalue weighted by Crippen LogP contribution is 2.28. The molecule has 0 spiro atoms. The van der Waals surface area contributed by atoms with Gasteiger partial charge in [-0.2, -0.15) is 0 Å². The molecule has 1 aromatic heterocycles. The van der Waals surface area contributed by atoms with E-state index < -0.39 is 6.04 Å². The molecule has 5 nitrogen and oxygen atoms in total. The third-order valence-electron chi connectivity index (χ3n) is 4.76. The fraction of sp³-hybridized carbons (Fsp3) is 0.421. The molecular weight excluding hydrogens is 370 g/mol. The smallest absolute Gasteiger partial charge is 0.271 e. The second-order valence-corrected chi connectivity index (χ2v) is 7.80. The van der Waals surface area contributed by atoms with Gasteiger partial charge in [0, 0.05) is 23.0 Å². The second kappa shape index (κ2) is 8.64. The lowest BCUT2D eigenvalue weighted by Crippen LogP contribution is -2.50. The van der Waals surface area contributed by atoms with Crippen molar-refractivity contribution in [2.24, 2.45) is 5.92 Å². The number of amides is 2.